The lowest BCUT2D eigenvalue weighted by Crippen LogP contribution is -2.36. The second-order valence-corrected chi connectivity index (χ2v) is 5.73. The standard InChI is InChI=1S/C18H27N5O2.HI/c1-12-16(13(2)23(4)22-12)11-21-18(19-3)20-10-14-7-8-15(24-5)9-17(14)25-6;/h7-9H,10-11H2,1-6H3,(H2,19,20,21);1H. The van der Waals surface area contributed by atoms with Crippen LogP contribution < -0.4 is 20.1 Å². The van der Waals surface area contributed by atoms with Crippen molar-refractivity contribution in [3.8, 4) is 11.5 Å². The van der Waals surface area contributed by atoms with E-state index in [1.54, 1.807) is 21.3 Å². The van der Waals surface area contributed by atoms with Crippen LogP contribution in [0.2, 0.25) is 0 Å². The zero-order valence-corrected chi connectivity index (χ0v) is 18.5. The molecule has 0 spiro atoms. The Bertz CT molecular complexity index is 758. The van der Waals surface area contributed by atoms with Crippen LogP contribution in [0.5, 0.6) is 11.5 Å². The second kappa shape index (κ2) is 10.2. The van der Waals surface area contributed by atoms with E-state index in [9.17, 15) is 0 Å². The highest BCUT2D eigenvalue weighted by molar-refractivity contribution is 14.0. The Labute approximate surface area is 172 Å². The molecule has 7 nitrogen and oxygen atoms in total. The van der Waals surface area contributed by atoms with Crippen molar-refractivity contribution in [2.24, 2.45) is 12.0 Å². The average Bonchev–Trinajstić information content (AvgIpc) is 2.87. The van der Waals surface area contributed by atoms with Crippen LogP contribution in [0.4, 0.5) is 0 Å². The molecule has 0 bridgehead atoms. The van der Waals surface area contributed by atoms with E-state index < -0.39 is 0 Å². The first-order valence-corrected chi connectivity index (χ1v) is 8.14. The molecule has 2 rings (SSSR count). The Kier molecular flexibility index (Phi) is 8.70. The summed E-state index contributed by atoms with van der Waals surface area (Å²) in [6.45, 7) is 5.35. The maximum Gasteiger partial charge on any atom is 0.191 e. The molecule has 144 valence electrons. The minimum atomic E-state index is 0. The fraction of sp³-hybridized carbons (Fsp3) is 0.444. The predicted molar refractivity (Wildman–Crippen MR) is 115 cm³/mol. The summed E-state index contributed by atoms with van der Waals surface area (Å²) in [7, 11) is 7.00. The Morgan fingerprint density at radius 3 is 2.38 bits per heavy atom. The molecule has 0 aliphatic heterocycles. The fourth-order valence-electron chi connectivity index (χ4n) is 2.64. The van der Waals surface area contributed by atoms with E-state index in [1.807, 2.05) is 36.9 Å². The summed E-state index contributed by atoms with van der Waals surface area (Å²) in [5.41, 5.74) is 4.39. The summed E-state index contributed by atoms with van der Waals surface area (Å²) in [4.78, 5) is 4.28. The minimum absolute atomic E-state index is 0. The maximum absolute atomic E-state index is 5.43. The van der Waals surface area contributed by atoms with Crippen molar-refractivity contribution in [2.45, 2.75) is 26.9 Å². The molecular weight excluding hydrogens is 445 g/mol. The fourth-order valence-corrected chi connectivity index (χ4v) is 2.64. The number of nitrogens with one attached hydrogen (secondary N) is 2. The molecule has 2 aromatic rings. The third-order valence-electron chi connectivity index (χ3n) is 4.26. The zero-order chi connectivity index (χ0) is 18.4. The van der Waals surface area contributed by atoms with Crippen LogP contribution in [0.15, 0.2) is 23.2 Å². The van der Waals surface area contributed by atoms with Gasteiger partial charge in [0.15, 0.2) is 5.96 Å². The number of hydrogen-bond acceptors (Lipinski definition) is 4. The number of nitrogens with zero attached hydrogens (tertiary/aromatic N) is 3. The van der Waals surface area contributed by atoms with Crippen molar-refractivity contribution >= 4 is 29.9 Å². The predicted octanol–water partition coefficient (Wildman–Crippen LogP) is 2.54. The van der Waals surface area contributed by atoms with Crippen molar-refractivity contribution in [1.82, 2.24) is 20.4 Å². The van der Waals surface area contributed by atoms with Gasteiger partial charge in [0.2, 0.25) is 0 Å². The summed E-state index contributed by atoms with van der Waals surface area (Å²) in [5, 5.41) is 11.1. The van der Waals surface area contributed by atoms with Gasteiger partial charge in [-0.05, 0) is 26.0 Å². The average molecular weight is 473 g/mol. The van der Waals surface area contributed by atoms with Crippen molar-refractivity contribution in [3.63, 3.8) is 0 Å². The van der Waals surface area contributed by atoms with Gasteiger partial charge < -0.3 is 20.1 Å². The molecule has 0 aliphatic rings. The highest BCUT2D eigenvalue weighted by Gasteiger charge is 2.10. The van der Waals surface area contributed by atoms with Gasteiger partial charge in [0.25, 0.3) is 0 Å². The van der Waals surface area contributed by atoms with Gasteiger partial charge in [-0.15, -0.1) is 24.0 Å². The number of aliphatic imine (C=N–C) groups is 1. The molecule has 1 aromatic heterocycles. The van der Waals surface area contributed by atoms with E-state index in [4.69, 9.17) is 9.47 Å². The number of aromatic nitrogens is 2. The first kappa shape index (κ1) is 22.1. The van der Waals surface area contributed by atoms with E-state index in [1.165, 1.54) is 5.56 Å². The van der Waals surface area contributed by atoms with E-state index in [2.05, 4.69) is 27.6 Å². The molecule has 8 heteroatoms. The Morgan fingerprint density at radius 1 is 1.15 bits per heavy atom. The van der Waals surface area contributed by atoms with Gasteiger partial charge in [-0.3, -0.25) is 9.67 Å². The summed E-state index contributed by atoms with van der Waals surface area (Å²) in [6.07, 6.45) is 0. The molecule has 26 heavy (non-hydrogen) atoms. The van der Waals surface area contributed by atoms with Crippen LogP contribution in [0.25, 0.3) is 0 Å². The summed E-state index contributed by atoms with van der Waals surface area (Å²) in [6, 6.07) is 5.76. The summed E-state index contributed by atoms with van der Waals surface area (Å²) < 4.78 is 12.5. The van der Waals surface area contributed by atoms with Gasteiger partial charge in [-0.1, -0.05) is 0 Å². The summed E-state index contributed by atoms with van der Waals surface area (Å²) >= 11 is 0. The van der Waals surface area contributed by atoms with Crippen LogP contribution in [0.1, 0.15) is 22.5 Å². The molecule has 0 fully saturated rings. The van der Waals surface area contributed by atoms with Crippen LogP contribution in [-0.2, 0) is 20.1 Å². The van der Waals surface area contributed by atoms with Crippen LogP contribution in [0.3, 0.4) is 0 Å². The number of aryl methyl sites for hydroxylation is 2. The number of benzene rings is 1. The largest absolute Gasteiger partial charge is 0.497 e. The van der Waals surface area contributed by atoms with Gasteiger partial charge in [-0.2, -0.15) is 5.10 Å². The first-order chi connectivity index (χ1) is 12.0. The molecule has 0 saturated carbocycles. The van der Waals surface area contributed by atoms with E-state index in [-0.39, 0.29) is 24.0 Å². The van der Waals surface area contributed by atoms with Gasteiger partial charge in [0.05, 0.1) is 19.9 Å². The molecular formula is C18H28IN5O2. The SMILES string of the molecule is CN=C(NCc1ccc(OC)cc1OC)NCc1c(C)nn(C)c1C.I. The molecule has 0 radical (unpaired) electrons. The van der Waals surface area contributed by atoms with E-state index in [0.717, 1.165) is 34.4 Å². The summed E-state index contributed by atoms with van der Waals surface area (Å²) in [5.74, 6) is 2.27. The molecule has 1 aromatic carbocycles. The molecule has 0 unspecified atom stereocenters. The Balaban J connectivity index is 0.00000338. The number of rotatable bonds is 6. The van der Waals surface area contributed by atoms with Gasteiger partial charge >= 0.3 is 0 Å². The van der Waals surface area contributed by atoms with Crippen molar-refractivity contribution in [3.05, 3.63) is 40.7 Å². The number of ether oxygens (including phenoxy) is 2. The topological polar surface area (TPSA) is 72.7 Å². The van der Waals surface area contributed by atoms with Crippen molar-refractivity contribution in [2.75, 3.05) is 21.3 Å². The second-order valence-electron chi connectivity index (χ2n) is 5.73. The zero-order valence-electron chi connectivity index (χ0n) is 16.2. The molecule has 0 saturated heterocycles. The molecule has 0 atom stereocenters. The maximum atomic E-state index is 5.43. The molecule has 2 N–H and O–H groups in total. The Hall–Kier alpha value is -1.97. The van der Waals surface area contributed by atoms with Gasteiger partial charge in [0, 0.05) is 50.1 Å². The van der Waals surface area contributed by atoms with Crippen LogP contribution in [-0.4, -0.2) is 37.0 Å². The molecule has 0 amide bonds. The first-order valence-electron chi connectivity index (χ1n) is 8.14. The highest BCUT2D eigenvalue weighted by atomic mass is 127. The third-order valence-corrected chi connectivity index (χ3v) is 4.26. The molecule has 0 aliphatic carbocycles. The normalized spacial score (nSPS) is 10.9. The van der Waals surface area contributed by atoms with Crippen LogP contribution >= 0.6 is 24.0 Å². The number of guanidine groups is 1. The lowest BCUT2D eigenvalue weighted by molar-refractivity contribution is 0.390. The molecule has 1 heterocycles. The van der Waals surface area contributed by atoms with E-state index >= 15 is 0 Å². The van der Waals surface area contributed by atoms with Gasteiger partial charge in [0.1, 0.15) is 11.5 Å². The van der Waals surface area contributed by atoms with Crippen molar-refractivity contribution in [1.29, 1.82) is 0 Å². The van der Waals surface area contributed by atoms with Gasteiger partial charge in [-0.25, -0.2) is 0 Å². The smallest absolute Gasteiger partial charge is 0.191 e. The number of methoxy groups -OCH3 is 2. The quantitative estimate of drug-likeness (QED) is 0.384. The monoisotopic (exact) mass is 473 g/mol. The number of hydrogen-bond donors (Lipinski definition) is 2. The number of halogens is 1. The third kappa shape index (κ3) is 5.26. The lowest BCUT2D eigenvalue weighted by atomic mass is 10.2. The highest BCUT2D eigenvalue weighted by Crippen LogP contribution is 2.24. The Morgan fingerprint density at radius 2 is 1.85 bits per heavy atom. The minimum Gasteiger partial charge on any atom is -0.497 e. The lowest BCUT2D eigenvalue weighted by Gasteiger charge is -2.14. The van der Waals surface area contributed by atoms with E-state index in [0.29, 0.717) is 13.1 Å². The van der Waals surface area contributed by atoms with Crippen LogP contribution in [0, 0.1) is 13.8 Å². The van der Waals surface area contributed by atoms with Crippen molar-refractivity contribution < 1.29 is 9.47 Å².